The standard InChI is InChI=1S/C27H28F8N2O2S/c1-3-6-16-7-4-10-21(26(30,31)32)23(16)17-11-12-19-20(14-37(22(19)13-17)15-25(2,28)29)24(27(33,34)35)36-40(38,39)18-8-5-9-18/h4,7,10-14,18,24,36H,3,5-6,8-9,15H2,1-2H3/t24-/m0/s1. The van der Waals surface area contributed by atoms with E-state index in [1.165, 1.54) is 18.2 Å². The van der Waals surface area contributed by atoms with Gasteiger partial charge in [-0.25, -0.2) is 17.2 Å². The van der Waals surface area contributed by atoms with E-state index in [0.29, 0.717) is 25.3 Å². The van der Waals surface area contributed by atoms with Gasteiger partial charge in [-0.3, -0.25) is 0 Å². The molecule has 0 unspecified atom stereocenters. The molecule has 4 rings (SSSR count). The molecule has 4 nitrogen and oxygen atoms in total. The molecule has 0 bridgehead atoms. The number of hydrogen-bond acceptors (Lipinski definition) is 2. The number of aryl methyl sites for hydroxylation is 1. The van der Waals surface area contributed by atoms with E-state index in [0.717, 1.165) is 29.0 Å². The first-order chi connectivity index (χ1) is 18.4. The molecule has 0 spiro atoms. The van der Waals surface area contributed by atoms with Gasteiger partial charge in [0, 0.05) is 29.6 Å². The third kappa shape index (κ3) is 6.29. The Morgan fingerprint density at radius 3 is 2.23 bits per heavy atom. The maximum absolute atomic E-state index is 14.3. The Labute approximate surface area is 226 Å². The molecular weight excluding hydrogens is 568 g/mol. The van der Waals surface area contributed by atoms with E-state index in [4.69, 9.17) is 0 Å². The van der Waals surface area contributed by atoms with Crippen molar-refractivity contribution < 1.29 is 43.5 Å². The van der Waals surface area contributed by atoms with Gasteiger partial charge in [-0.15, -0.1) is 0 Å². The number of hydrogen-bond donors (Lipinski definition) is 1. The van der Waals surface area contributed by atoms with Gasteiger partial charge in [0.1, 0.15) is 6.04 Å². The lowest BCUT2D eigenvalue weighted by Gasteiger charge is -2.29. The predicted octanol–water partition coefficient (Wildman–Crippen LogP) is 8.01. The van der Waals surface area contributed by atoms with Crippen molar-refractivity contribution >= 4 is 20.9 Å². The zero-order valence-corrected chi connectivity index (χ0v) is 22.5. The maximum Gasteiger partial charge on any atom is 0.417 e. The highest BCUT2D eigenvalue weighted by molar-refractivity contribution is 7.90. The van der Waals surface area contributed by atoms with Crippen molar-refractivity contribution in [3.05, 3.63) is 59.3 Å². The SMILES string of the molecule is CCCc1cccc(C(F)(F)F)c1-c1ccc2c([C@H](NS(=O)(=O)C3CCC3)C(F)(F)F)cn(CC(C)(F)F)c2c1. The number of alkyl halides is 8. The van der Waals surface area contributed by atoms with Gasteiger partial charge < -0.3 is 4.57 Å². The van der Waals surface area contributed by atoms with Crippen LogP contribution in [0.1, 0.15) is 62.3 Å². The van der Waals surface area contributed by atoms with Gasteiger partial charge in [0.05, 0.1) is 17.4 Å². The number of nitrogens with zero attached hydrogens (tertiary/aromatic N) is 1. The van der Waals surface area contributed by atoms with E-state index in [1.54, 1.807) is 11.6 Å². The molecule has 0 aliphatic heterocycles. The minimum absolute atomic E-state index is 0.00667. The van der Waals surface area contributed by atoms with Crippen LogP contribution in [0.2, 0.25) is 0 Å². The summed E-state index contributed by atoms with van der Waals surface area (Å²) in [7, 11) is -4.39. The molecule has 3 aromatic rings. The highest BCUT2D eigenvalue weighted by Gasteiger charge is 2.47. The summed E-state index contributed by atoms with van der Waals surface area (Å²) in [4.78, 5) is 0. The lowest BCUT2D eigenvalue weighted by atomic mass is 9.91. The summed E-state index contributed by atoms with van der Waals surface area (Å²) in [5.74, 6) is -3.39. The fourth-order valence-electron chi connectivity index (χ4n) is 5.04. The first-order valence-corrected chi connectivity index (χ1v) is 14.2. The zero-order chi connectivity index (χ0) is 29.7. The van der Waals surface area contributed by atoms with Crippen LogP contribution in [0.15, 0.2) is 42.6 Å². The van der Waals surface area contributed by atoms with Gasteiger partial charge in [0.2, 0.25) is 10.0 Å². The normalized spacial score (nSPS) is 16.4. The molecule has 0 amide bonds. The number of sulfonamides is 1. The smallest absolute Gasteiger partial charge is 0.341 e. The molecule has 1 aliphatic rings. The predicted molar refractivity (Wildman–Crippen MR) is 135 cm³/mol. The third-order valence-corrected chi connectivity index (χ3v) is 8.95. The Kier molecular flexibility index (Phi) is 8.05. The second kappa shape index (κ2) is 10.6. The topological polar surface area (TPSA) is 51.1 Å². The fourth-order valence-corrected chi connectivity index (χ4v) is 6.77. The van der Waals surface area contributed by atoms with Crippen molar-refractivity contribution in [3.8, 4) is 11.1 Å². The van der Waals surface area contributed by atoms with Crippen molar-refractivity contribution in [2.24, 2.45) is 0 Å². The van der Waals surface area contributed by atoms with Crippen molar-refractivity contribution in [1.29, 1.82) is 0 Å². The second-order valence-corrected chi connectivity index (χ2v) is 12.3. The number of aromatic nitrogens is 1. The molecule has 2 aromatic carbocycles. The molecule has 220 valence electrons. The first kappa shape index (κ1) is 30.3. The van der Waals surface area contributed by atoms with Gasteiger partial charge in [-0.1, -0.05) is 44.0 Å². The van der Waals surface area contributed by atoms with Crippen molar-refractivity contribution in [2.45, 2.75) is 82.1 Å². The molecule has 0 saturated heterocycles. The van der Waals surface area contributed by atoms with Crippen molar-refractivity contribution in [2.75, 3.05) is 0 Å². The second-order valence-electron chi connectivity index (χ2n) is 10.3. The largest absolute Gasteiger partial charge is 0.417 e. The van der Waals surface area contributed by atoms with Crippen LogP contribution >= 0.6 is 0 Å². The van der Waals surface area contributed by atoms with Crippen molar-refractivity contribution in [1.82, 2.24) is 9.29 Å². The molecule has 0 radical (unpaired) electrons. The van der Waals surface area contributed by atoms with Crippen LogP contribution in [0.4, 0.5) is 35.1 Å². The fraction of sp³-hybridized carbons (Fsp3) is 0.481. The monoisotopic (exact) mass is 596 g/mol. The summed E-state index contributed by atoms with van der Waals surface area (Å²) >= 11 is 0. The van der Waals surface area contributed by atoms with E-state index in [-0.39, 0.29) is 41.3 Å². The number of halogens is 8. The molecule has 1 aromatic heterocycles. The minimum Gasteiger partial charge on any atom is -0.341 e. The highest BCUT2D eigenvalue weighted by atomic mass is 32.2. The summed E-state index contributed by atoms with van der Waals surface area (Å²) in [5, 5.41) is -1.19. The summed E-state index contributed by atoms with van der Waals surface area (Å²) in [6.07, 6.45) is -7.34. The first-order valence-electron chi connectivity index (χ1n) is 12.7. The van der Waals surface area contributed by atoms with Gasteiger partial charge in [0.15, 0.2) is 0 Å². The average Bonchev–Trinajstić information content (AvgIpc) is 3.10. The summed E-state index contributed by atoms with van der Waals surface area (Å²) in [6.45, 7) is 1.26. The van der Waals surface area contributed by atoms with Crippen LogP contribution in [-0.4, -0.2) is 30.3 Å². The number of nitrogens with one attached hydrogen (secondary N) is 1. The molecule has 1 saturated carbocycles. The molecule has 13 heteroatoms. The Bertz CT molecular complexity index is 1480. The molecule has 1 N–H and O–H groups in total. The van der Waals surface area contributed by atoms with Crippen LogP contribution in [0.25, 0.3) is 22.0 Å². The summed E-state index contributed by atoms with van der Waals surface area (Å²) < 4.78 is 141. The van der Waals surface area contributed by atoms with E-state index in [2.05, 4.69) is 0 Å². The molecule has 1 heterocycles. The van der Waals surface area contributed by atoms with Crippen LogP contribution in [0.3, 0.4) is 0 Å². The number of rotatable bonds is 9. The number of fused-ring (bicyclic) bond motifs is 1. The molecule has 1 atom stereocenters. The Balaban J connectivity index is 1.95. The lowest BCUT2D eigenvalue weighted by Crippen LogP contribution is -2.44. The lowest BCUT2D eigenvalue weighted by molar-refractivity contribution is -0.152. The van der Waals surface area contributed by atoms with E-state index in [9.17, 15) is 43.5 Å². The van der Waals surface area contributed by atoms with Crippen LogP contribution < -0.4 is 4.72 Å². The van der Waals surface area contributed by atoms with Gasteiger partial charge in [-0.05, 0) is 48.1 Å². The van der Waals surface area contributed by atoms with Gasteiger partial charge in [-0.2, -0.15) is 31.1 Å². The third-order valence-electron chi connectivity index (χ3n) is 7.04. The number of benzene rings is 2. The van der Waals surface area contributed by atoms with E-state index in [1.807, 2.05) is 0 Å². The van der Waals surface area contributed by atoms with Crippen molar-refractivity contribution in [3.63, 3.8) is 0 Å². The van der Waals surface area contributed by atoms with Gasteiger partial charge >= 0.3 is 12.4 Å². The highest BCUT2D eigenvalue weighted by Crippen LogP contribution is 2.43. The summed E-state index contributed by atoms with van der Waals surface area (Å²) in [6, 6.07) is 4.41. The quantitative estimate of drug-likeness (QED) is 0.255. The van der Waals surface area contributed by atoms with E-state index >= 15 is 0 Å². The Morgan fingerprint density at radius 2 is 1.70 bits per heavy atom. The molecule has 40 heavy (non-hydrogen) atoms. The summed E-state index contributed by atoms with van der Waals surface area (Å²) in [5.41, 5.74) is -1.59. The Morgan fingerprint density at radius 1 is 1.02 bits per heavy atom. The van der Waals surface area contributed by atoms with Crippen LogP contribution in [0, 0.1) is 0 Å². The van der Waals surface area contributed by atoms with E-state index < -0.39 is 57.3 Å². The average molecular weight is 597 g/mol. The zero-order valence-electron chi connectivity index (χ0n) is 21.6. The minimum atomic E-state index is -5.12. The van der Waals surface area contributed by atoms with Crippen LogP contribution in [-0.2, 0) is 29.2 Å². The molecular formula is C27H28F8N2O2S. The maximum atomic E-state index is 14.3. The molecule has 1 aliphatic carbocycles. The molecule has 1 fully saturated rings. The Hall–Kier alpha value is -2.67. The van der Waals surface area contributed by atoms with Crippen LogP contribution in [0.5, 0.6) is 0 Å². The van der Waals surface area contributed by atoms with Gasteiger partial charge in [0.25, 0.3) is 5.92 Å².